The van der Waals surface area contributed by atoms with Gasteiger partial charge in [-0.2, -0.15) is 0 Å². The maximum absolute atomic E-state index is 14.2. The molecule has 2 fully saturated rings. The summed E-state index contributed by atoms with van der Waals surface area (Å²) in [5.41, 5.74) is 2.79. The van der Waals surface area contributed by atoms with E-state index < -0.39 is 35.3 Å². The smallest absolute Gasteiger partial charge is 0.325 e. The lowest BCUT2D eigenvalue weighted by Crippen LogP contribution is -2.57. The predicted molar refractivity (Wildman–Crippen MR) is 184 cm³/mol. The van der Waals surface area contributed by atoms with Gasteiger partial charge in [0.2, 0.25) is 11.8 Å². The third-order valence-electron chi connectivity index (χ3n) is 9.43. The van der Waals surface area contributed by atoms with E-state index in [4.69, 9.17) is 0 Å². The van der Waals surface area contributed by atoms with Crippen molar-refractivity contribution in [3.8, 4) is 0 Å². The van der Waals surface area contributed by atoms with Crippen LogP contribution in [0.2, 0.25) is 0 Å². The molecular formula is C40H35N3O4. The fraction of sp³-hybridized carbons (Fsp3) is 0.175. The van der Waals surface area contributed by atoms with E-state index in [1.54, 1.807) is 0 Å². The first-order valence-corrected chi connectivity index (χ1v) is 15.9. The summed E-state index contributed by atoms with van der Waals surface area (Å²) in [6, 6.07) is 40.4. The Bertz CT molecular complexity index is 1960. The van der Waals surface area contributed by atoms with Crippen LogP contribution in [-0.4, -0.2) is 46.4 Å². The van der Waals surface area contributed by atoms with Crippen LogP contribution in [0, 0.1) is 11.8 Å². The van der Waals surface area contributed by atoms with Crippen molar-refractivity contribution >= 4 is 46.4 Å². The minimum Gasteiger partial charge on any atom is -0.480 e. The van der Waals surface area contributed by atoms with Crippen molar-refractivity contribution < 1.29 is 19.5 Å². The molecule has 0 saturated carbocycles. The van der Waals surface area contributed by atoms with Crippen LogP contribution in [0.4, 0.5) is 5.69 Å². The number of hydrogen-bond acceptors (Lipinski definition) is 5. The molecule has 4 unspecified atom stereocenters. The number of carboxylic acids is 1. The van der Waals surface area contributed by atoms with Crippen LogP contribution in [0.15, 0.2) is 127 Å². The van der Waals surface area contributed by atoms with Gasteiger partial charge in [-0.25, -0.2) is 0 Å². The maximum atomic E-state index is 14.2. The Balaban J connectivity index is 1.22. The lowest BCUT2D eigenvalue weighted by molar-refractivity contribution is -0.151. The van der Waals surface area contributed by atoms with Gasteiger partial charge < -0.3 is 10.4 Å². The Hall–Kier alpha value is -5.53. The Morgan fingerprint density at radius 3 is 2.11 bits per heavy atom. The lowest BCUT2D eigenvalue weighted by Gasteiger charge is -2.31. The summed E-state index contributed by atoms with van der Waals surface area (Å²) in [5.74, 6) is -3.87. The van der Waals surface area contributed by atoms with Crippen molar-refractivity contribution in [2.75, 3.05) is 18.4 Å². The number of aliphatic carboxylic acids is 1. The Morgan fingerprint density at radius 1 is 0.766 bits per heavy atom. The number of carboxylic acid groups (broad SMARTS) is 1. The zero-order chi connectivity index (χ0) is 32.4. The van der Waals surface area contributed by atoms with Gasteiger partial charge in [-0.15, -0.1) is 0 Å². The number of amides is 2. The molecule has 0 spiro atoms. The molecule has 5 aromatic carbocycles. The largest absolute Gasteiger partial charge is 0.480 e. The second-order valence-electron chi connectivity index (χ2n) is 12.3. The van der Waals surface area contributed by atoms with Crippen LogP contribution in [0.3, 0.4) is 0 Å². The van der Waals surface area contributed by atoms with E-state index in [0.29, 0.717) is 6.54 Å². The number of anilines is 1. The van der Waals surface area contributed by atoms with E-state index in [-0.39, 0.29) is 18.9 Å². The molecular weight excluding hydrogens is 586 g/mol. The molecule has 0 bridgehead atoms. The van der Waals surface area contributed by atoms with Crippen molar-refractivity contribution in [1.82, 2.24) is 10.2 Å². The zero-order valence-electron chi connectivity index (χ0n) is 25.8. The van der Waals surface area contributed by atoms with Gasteiger partial charge in [0.15, 0.2) is 0 Å². The fourth-order valence-electron chi connectivity index (χ4n) is 7.11. The van der Waals surface area contributed by atoms with Gasteiger partial charge in [0.1, 0.15) is 5.54 Å². The number of para-hydroxylation sites is 1. The summed E-state index contributed by atoms with van der Waals surface area (Å²) in [6.07, 6.45) is 4.09. The molecule has 5 aromatic rings. The number of benzene rings is 5. The van der Waals surface area contributed by atoms with Crippen molar-refractivity contribution in [2.24, 2.45) is 11.8 Å². The molecule has 2 aliphatic heterocycles. The first-order valence-electron chi connectivity index (χ1n) is 15.9. The SMILES string of the molecule is O=C1C2C(c3ccc(/C=C/c4ccccc4)cc3)NC(Cc3ccc4ccccc4c3)(C(=O)O)C2C(=O)N1CCNc1ccccc1. The lowest BCUT2D eigenvalue weighted by atomic mass is 9.76. The maximum Gasteiger partial charge on any atom is 0.325 e. The zero-order valence-corrected chi connectivity index (χ0v) is 25.8. The van der Waals surface area contributed by atoms with E-state index in [1.165, 1.54) is 4.90 Å². The number of likely N-dealkylation sites (tertiary alicyclic amines) is 1. The minimum absolute atomic E-state index is 0.0534. The first-order chi connectivity index (χ1) is 22.9. The molecule has 0 radical (unpaired) electrons. The predicted octanol–water partition coefficient (Wildman–Crippen LogP) is 6.43. The highest BCUT2D eigenvalue weighted by Gasteiger charge is 2.68. The van der Waals surface area contributed by atoms with Gasteiger partial charge in [-0.3, -0.25) is 24.6 Å². The topological polar surface area (TPSA) is 98.7 Å². The summed E-state index contributed by atoms with van der Waals surface area (Å²) in [4.78, 5) is 42.9. The van der Waals surface area contributed by atoms with E-state index in [9.17, 15) is 19.5 Å². The second-order valence-corrected chi connectivity index (χ2v) is 12.3. The highest BCUT2D eigenvalue weighted by atomic mass is 16.4. The summed E-state index contributed by atoms with van der Waals surface area (Å²) < 4.78 is 0. The molecule has 7 rings (SSSR count). The van der Waals surface area contributed by atoms with Crippen LogP contribution in [0.1, 0.15) is 28.3 Å². The molecule has 7 heteroatoms. The molecule has 2 saturated heterocycles. The third-order valence-corrected chi connectivity index (χ3v) is 9.43. The molecule has 2 amide bonds. The Morgan fingerprint density at radius 2 is 1.40 bits per heavy atom. The summed E-state index contributed by atoms with van der Waals surface area (Å²) >= 11 is 0. The van der Waals surface area contributed by atoms with Gasteiger partial charge in [0.25, 0.3) is 0 Å². The molecule has 47 heavy (non-hydrogen) atoms. The van der Waals surface area contributed by atoms with Crippen molar-refractivity contribution in [3.63, 3.8) is 0 Å². The van der Waals surface area contributed by atoms with Gasteiger partial charge in [0, 0.05) is 31.2 Å². The molecule has 0 aromatic heterocycles. The van der Waals surface area contributed by atoms with Gasteiger partial charge in [-0.1, -0.05) is 127 Å². The van der Waals surface area contributed by atoms with Crippen LogP contribution in [-0.2, 0) is 20.8 Å². The highest BCUT2D eigenvalue weighted by molar-refractivity contribution is 6.09. The number of carbonyl (C=O) groups is 3. The standard InChI is InChI=1S/C40H35N3O4/c44-37-34-35(38(45)43(37)24-23-41-33-13-5-2-6-14-33)40(39(46)47,26-29-19-20-30-11-7-8-12-32(30)25-29)42-36(34)31-21-17-28(18-22-31)16-15-27-9-3-1-4-10-27/h1-22,25,34-36,41-42H,23-24,26H2,(H,46,47)/b16-15+. The van der Waals surface area contributed by atoms with Crippen LogP contribution in [0.5, 0.6) is 0 Å². The Kier molecular flexibility index (Phi) is 8.14. The quantitative estimate of drug-likeness (QED) is 0.123. The average molecular weight is 622 g/mol. The monoisotopic (exact) mass is 621 g/mol. The van der Waals surface area contributed by atoms with Crippen molar-refractivity contribution in [1.29, 1.82) is 0 Å². The van der Waals surface area contributed by atoms with Crippen LogP contribution < -0.4 is 10.6 Å². The van der Waals surface area contributed by atoms with Crippen LogP contribution >= 0.6 is 0 Å². The summed E-state index contributed by atoms with van der Waals surface area (Å²) in [6.45, 7) is 0.493. The van der Waals surface area contributed by atoms with Gasteiger partial charge in [-0.05, 0) is 45.2 Å². The molecule has 3 N–H and O–H groups in total. The highest BCUT2D eigenvalue weighted by Crippen LogP contribution is 2.50. The number of nitrogens with one attached hydrogen (secondary N) is 2. The Labute approximate surface area is 273 Å². The molecule has 7 nitrogen and oxygen atoms in total. The van der Waals surface area contributed by atoms with E-state index >= 15 is 0 Å². The molecule has 4 atom stereocenters. The fourth-order valence-corrected chi connectivity index (χ4v) is 7.11. The number of fused-ring (bicyclic) bond motifs is 2. The van der Waals surface area contributed by atoms with Crippen LogP contribution in [0.25, 0.3) is 22.9 Å². The summed E-state index contributed by atoms with van der Waals surface area (Å²) in [5, 5.41) is 19.6. The average Bonchev–Trinajstić information content (AvgIpc) is 3.58. The minimum atomic E-state index is -1.68. The number of rotatable bonds is 10. The number of imide groups is 1. The normalized spacial score (nSPS) is 22.2. The number of hydrogen-bond donors (Lipinski definition) is 3. The molecule has 0 aliphatic carbocycles. The molecule has 2 aliphatic rings. The number of nitrogens with zero attached hydrogens (tertiary/aromatic N) is 1. The van der Waals surface area contributed by atoms with E-state index in [0.717, 1.165) is 38.7 Å². The second kappa shape index (κ2) is 12.7. The summed E-state index contributed by atoms with van der Waals surface area (Å²) in [7, 11) is 0. The van der Waals surface area contributed by atoms with Gasteiger partial charge in [0.05, 0.1) is 11.8 Å². The number of carbonyl (C=O) groups excluding carboxylic acids is 2. The molecule has 2 heterocycles. The van der Waals surface area contributed by atoms with Crippen molar-refractivity contribution in [3.05, 3.63) is 150 Å². The van der Waals surface area contributed by atoms with E-state index in [2.05, 4.69) is 10.6 Å². The molecule has 234 valence electrons. The van der Waals surface area contributed by atoms with E-state index in [1.807, 2.05) is 140 Å². The third kappa shape index (κ3) is 5.82. The first kappa shape index (κ1) is 30.1. The van der Waals surface area contributed by atoms with Gasteiger partial charge >= 0.3 is 5.97 Å². The van der Waals surface area contributed by atoms with Crippen molar-refractivity contribution in [2.45, 2.75) is 18.0 Å².